The summed E-state index contributed by atoms with van der Waals surface area (Å²) in [5.41, 5.74) is 6.77. The Morgan fingerprint density at radius 3 is 2.62 bits per heavy atom. The molecule has 1 saturated heterocycles. The molecule has 0 radical (unpaired) electrons. The van der Waals surface area contributed by atoms with Crippen LogP contribution in [-0.4, -0.2) is 32.4 Å². The normalized spacial score (nSPS) is 15.4. The van der Waals surface area contributed by atoms with E-state index in [1.807, 2.05) is 43.6 Å². The molecule has 1 aliphatic rings. The predicted octanol–water partition coefficient (Wildman–Crippen LogP) is 3.76. The number of ether oxygens (including phenoxy) is 1. The number of aryl methyl sites for hydroxylation is 3. The molecule has 0 aliphatic carbocycles. The minimum atomic E-state index is -0.00349. The summed E-state index contributed by atoms with van der Waals surface area (Å²) in [6.45, 7) is 5.54. The highest BCUT2D eigenvalue weighted by molar-refractivity contribution is 5.86. The van der Waals surface area contributed by atoms with Crippen molar-refractivity contribution in [2.75, 3.05) is 13.2 Å². The van der Waals surface area contributed by atoms with E-state index in [9.17, 15) is 4.79 Å². The second-order valence-electron chi connectivity index (χ2n) is 7.91. The summed E-state index contributed by atoms with van der Waals surface area (Å²) in [4.78, 5) is 17.6. The zero-order chi connectivity index (χ0) is 20.1. The van der Waals surface area contributed by atoms with E-state index in [0.717, 1.165) is 65.4 Å². The molecule has 0 bridgehead atoms. The number of rotatable bonds is 2. The van der Waals surface area contributed by atoms with Gasteiger partial charge in [-0.1, -0.05) is 12.1 Å². The molecule has 1 aliphatic heterocycles. The van der Waals surface area contributed by atoms with E-state index >= 15 is 0 Å². The van der Waals surface area contributed by atoms with Crippen LogP contribution in [0, 0.1) is 13.8 Å². The lowest BCUT2D eigenvalue weighted by Crippen LogP contribution is -2.19. The molecule has 0 unspecified atom stereocenters. The van der Waals surface area contributed by atoms with Crippen LogP contribution in [0.25, 0.3) is 27.7 Å². The van der Waals surface area contributed by atoms with Crippen LogP contribution in [0.1, 0.15) is 35.8 Å². The monoisotopic (exact) mass is 388 g/mol. The summed E-state index contributed by atoms with van der Waals surface area (Å²) in [6, 6.07) is 12.1. The van der Waals surface area contributed by atoms with Gasteiger partial charge < -0.3 is 4.74 Å². The molecule has 0 saturated carbocycles. The molecule has 0 spiro atoms. The number of hydrogen-bond donors (Lipinski definition) is 0. The molecule has 0 amide bonds. The number of benzene rings is 1. The Bertz CT molecular complexity index is 1300. The molecular formula is C23H24N4O2. The average molecular weight is 388 g/mol. The fraction of sp³-hybridized carbons (Fsp3) is 0.348. The molecule has 6 nitrogen and oxygen atoms in total. The van der Waals surface area contributed by atoms with Crippen molar-refractivity contribution in [2.24, 2.45) is 7.05 Å². The van der Waals surface area contributed by atoms with E-state index < -0.39 is 0 Å². The Kier molecular flexibility index (Phi) is 4.24. The van der Waals surface area contributed by atoms with Gasteiger partial charge in [-0.2, -0.15) is 5.10 Å². The SMILES string of the molecule is Cc1ccc(-c2ccc3c(=O)n(C)c4cc(C5CCOCC5)nn4c3c2)c(C)n1. The fourth-order valence-corrected chi connectivity index (χ4v) is 4.33. The number of nitrogens with zero attached hydrogens (tertiary/aromatic N) is 4. The summed E-state index contributed by atoms with van der Waals surface area (Å²) < 4.78 is 9.11. The molecule has 4 heterocycles. The van der Waals surface area contributed by atoms with Crippen molar-refractivity contribution in [1.82, 2.24) is 19.2 Å². The number of pyridine rings is 1. The average Bonchev–Trinajstić information content (AvgIpc) is 3.18. The molecule has 29 heavy (non-hydrogen) atoms. The largest absolute Gasteiger partial charge is 0.381 e. The first-order valence-electron chi connectivity index (χ1n) is 10.1. The van der Waals surface area contributed by atoms with E-state index in [1.165, 1.54) is 0 Å². The summed E-state index contributed by atoms with van der Waals surface area (Å²) >= 11 is 0. The van der Waals surface area contributed by atoms with Crippen LogP contribution in [0.3, 0.4) is 0 Å². The van der Waals surface area contributed by atoms with Gasteiger partial charge in [-0.05, 0) is 50.5 Å². The first-order valence-corrected chi connectivity index (χ1v) is 10.1. The first kappa shape index (κ1) is 18.1. The van der Waals surface area contributed by atoms with Gasteiger partial charge in [0.1, 0.15) is 5.65 Å². The molecular weight excluding hydrogens is 364 g/mol. The van der Waals surface area contributed by atoms with Crippen molar-refractivity contribution in [3.8, 4) is 11.1 Å². The Labute approximate surface area is 168 Å². The molecule has 4 aromatic rings. The second kappa shape index (κ2) is 6.81. The lowest BCUT2D eigenvalue weighted by molar-refractivity contribution is 0.0844. The van der Waals surface area contributed by atoms with Crippen LogP contribution < -0.4 is 5.56 Å². The van der Waals surface area contributed by atoms with Gasteiger partial charge >= 0.3 is 0 Å². The molecule has 0 atom stereocenters. The fourth-order valence-electron chi connectivity index (χ4n) is 4.33. The van der Waals surface area contributed by atoms with Crippen LogP contribution in [-0.2, 0) is 11.8 Å². The van der Waals surface area contributed by atoms with E-state index in [1.54, 1.807) is 4.57 Å². The van der Waals surface area contributed by atoms with Gasteiger partial charge in [0, 0.05) is 49.2 Å². The van der Waals surface area contributed by atoms with Crippen molar-refractivity contribution < 1.29 is 4.74 Å². The smallest absolute Gasteiger partial charge is 0.261 e. The van der Waals surface area contributed by atoms with Crippen molar-refractivity contribution in [2.45, 2.75) is 32.6 Å². The Hall–Kier alpha value is -2.99. The predicted molar refractivity (Wildman–Crippen MR) is 113 cm³/mol. The highest BCUT2D eigenvalue weighted by Crippen LogP contribution is 2.29. The molecule has 6 heteroatoms. The Morgan fingerprint density at radius 1 is 1.07 bits per heavy atom. The van der Waals surface area contributed by atoms with Crippen LogP contribution in [0.2, 0.25) is 0 Å². The van der Waals surface area contributed by atoms with Gasteiger partial charge in [0.2, 0.25) is 0 Å². The summed E-state index contributed by atoms with van der Waals surface area (Å²) in [5, 5.41) is 5.59. The molecule has 148 valence electrons. The zero-order valence-corrected chi connectivity index (χ0v) is 17.0. The summed E-state index contributed by atoms with van der Waals surface area (Å²) in [7, 11) is 1.81. The zero-order valence-electron chi connectivity index (χ0n) is 17.0. The maximum Gasteiger partial charge on any atom is 0.261 e. The third-order valence-corrected chi connectivity index (χ3v) is 5.99. The van der Waals surface area contributed by atoms with E-state index in [-0.39, 0.29) is 5.56 Å². The van der Waals surface area contributed by atoms with Crippen molar-refractivity contribution in [1.29, 1.82) is 0 Å². The van der Waals surface area contributed by atoms with Crippen molar-refractivity contribution in [3.05, 3.63) is 63.8 Å². The standard InChI is InChI=1S/C23H24N4O2/c1-14-4-6-18(15(2)24-14)17-5-7-19-21(12-17)27-22(26(3)23(19)28)13-20(25-27)16-8-10-29-11-9-16/h4-7,12-13,16H,8-11H2,1-3H3. The van der Waals surface area contributed by atoms with Gasteiger partial charge in [-0.15, -0.1) is 0 Å². The molecule has 1 aromatic carbocycles. The highest BCUT2D eigenvalue weighted by atomic mass is 16.5. The molecule has 5 rings (SSSR count). The third-order valence-electron chi connectivity index (χ3n) is 5.99. The third kappa shape index (κ3) is 2.95. The van der Waals surface area contributed by atoms with E-state index in [4.69, 9.17) is 9.84 Å². The summed E-state index contributed by atoms with van der Waals surface area (Å²) in [6.07, 6.45) is 1.94. The first-order chi connectivity index (χ1) is 14.0. The number of aromatic nitrogens is 4. The van der Waals surface area contributed by atoms with Gasteiger partial charge in [0.25, 0.3) is 5.56 Å². The minimum absolute atomic E-state index is 0.00349. The van der Waals surface area contributed by atoms with Gasteiger partial charge in [0.05, 0.1) is 16.6 Å². The van der Waals surface area contributed by atoms with Crippen LogP contribution in [0.4, 0.5) is 0 Å². The maximum absolute atomic E-state index is 13.0. The second-order valence-corrected chi connectivity index (χ2v) is 7.91. The Morgan fingerprint density at radius 2 is 1.86 bits per heavy atom. The number of hydrogen-bond acceptors (Lipinski definition) is 4. The lowest BCUT2D eigenvalue weighted by Gasteiger charge is -2.19. The quantitative estimate of drug-likeness (QED) is 0.525. The topological polar surface area (TPSA) is 61.4 Å². The van der Waals surface area contributed by atoms with E-state index in [0.29, 0.717) is 11.3 Å². The van der Waals surface area contributed by atoms with Crippen molar-refractivity contribution in [3.63, 3.8) is 0 Å². The van der Waals surface area contributed by atoms with Crippen LogP contribution in [0.5, 0.6) is 0 Å². The van der Waals surface area contributed by atoms with Crippen LogP contribution in [0.15, 0.2) is 41.2 Å². The molecule has 0 N–H and O–H groups in total. The Balaban J connectivity index is 1.75. The van der Waals surface area contributed by atoms with E-state index in [2.05, 4.69) is 23.2 Å². The molecule has 3 aromatic heterocycles. The van der Waals surface area contributed by atoms with Crippen LogP contribution >= 0.6 is 0 Å². The highest BCUT2D eigenvalue weighted by Gasteiger charge is 2.21. The van der Waals surface area contributed by atoms with Gasteiger partial charge in [-0.25, -0.2) is 4.52 Å². The van der Waals surface area contributed by atoms with Gasteiger partial charge in [-0.3, -0.25) is 14.3 Å². The summed E-state index contributed by atoms with van der Waals surface area (Å²) in [5.74, 6) is 0.375. The minimum Gasteiger partial charge on any atom is -0.381 e. The molecule has 1 fully saturated rings. The maximum atomic E-state index is 13.0. The van der Waals surface area contributed by atoms with Gasteiger partial charge in [0.15, 0.2) is 0 Å². The number of fused-ring (bicyclic) bond motifs is 3. The van der Waals surface area contributed by atoms with Crippen molar-refractivity contribution >= 4 is 16.6 Å². The lowest BCUT2D eigenvalue weighted by atomic mass is 9.97.